The van der Waals surface area contributed by atoms with Gasteiger partial charge < -0.3 is 10.4 Å². The second kappa shape index (κ2) is 6.84. The van der Waals surface area contributed by atoms with E-state index in [9.17, 15) is 9.90 Å². The smallest absolute Gasteiger partial charge is 0.227 e. The highest BCUT2D eigenvalue weighted by atomic mass is 35.5. The SMILES string of the molecule is C#CCN1CCC(C(=O)Nc2cc(Cl)cc(C)c2O)CC1. The second-order valence-corrected chi connectivity index (χ2v) is 5.80. The van der Waals surface area contributed by atoms with Gasteiger partial charge in [0.1, 0.15) is 5.75 Å². The maximum Gasteiger partial charge on any atom is 0.227 e. The van der Waals surface area contributed by atoms with Crippen molar-refractivity contribution in [2.75, 3.05) is 25.0 Å². The predicted octanol–water partition coefficient (Wildman–Crippen LogP) is 2.64. The lowest BCUT2D eigenvalue weighted by atomic mass is 9.95. The summed E-state index contributed by atoms with van der Waals surface area (Å²) in [5.41, 5.74) is 1.01. The molecule has 0 radical (unpaired) electrons. The molecule has 2 N–H and O–H groups in total. The molecule has 1 aliphatic heterocycles. The van der Waals surface area contributed by atoms with E-state index in [1.807, 2.05) is 0 Å². The molecule has 0 unspecified atom stereocenters. The van der Waals surface area contributed by atoms with Gasteiger partial charge in [-0.25, -0.2) is 0 Å². The third-order valence-corrected chi connectivity index (χ3v) is 4.01. The highest BCUT2D eigenvalue weighted by Gasteiger charge is 2.25. The van der Waals surface area contributed by atoms with E-state index in [0.29, 0.717) is 22.8 Å². The van der Waals surface area contributed by atoms with Crippen molar-refractivity contribution in [3.63, 3.8) is 0 Å². The number of phenolic OH excluding ortho intramolecular Hbond substituents is 1. The Bertz CT molecular complexity index is 572. The predicted molar refractivity (Wildman–Crippen MR) is 84.5 cm³/mol. The van der Waals surface area contributed by atoms with E-state index in [-0.39, 0.29) is 17.6 Å². The van der Waals surface area contributed by atoms with Gasteiger partial charge in [0, 0.05) is 10.9 Å². The summed E-state index contributed by atoms with van der Waals surface area (Å²) in [4.78, 5) is 14.4. The topological polar surface area (TPSA) is 52.6 Å². The molecule has 0 spiro atoms. The maximum absolute atomic E-state index is 12.3. The number of amides is 1. The third-order valence-electron chi connectivity index (χ3n) is 3.80. The Kier molecular flexibility index (Phi) is 5.11. The number of aryl methyl sites for hydroxylation is 1. The monoisotopic (exact) mass is 306 g/mol. The van der Waals surface area contributed by atoms with Gasteiger partial charge >= 0.3 is 0 Å². The van der Waals surface area contributed by atoms with Crippen LogP contribution < -0.4 is 5.32 Å². The molecule has 1 heterocycles. The first-order valence-electron chi connectivity index (χ1n) is 6.97. The number of phenols is 1. The number of carbonyl (C=O) groups is 1. The molecule has 21 heavy (non-hydrogen) atoms. The van der Waals surface area contributed by atoms with Crippen LogP contribution in [0.3, 0.4) is 0 Å². The molecule has 0 aliphatic carbocycles. The van der Waals surface area contributed by atoms with Crippen LogP contribution in [0.15, 0.2) is 12.1 Å². The molecule has 1 fully saturated rings. The lowest BCUT2D eigenvalue weighted by Crippen LogP contribution is -2.38. The lowest BCUT2D eigenvalue weighted by molar-refractivity contribution is -0.121. The Morgan fingerprint density at radius 2 is 2.19 bits per heavy atom. The molecule has 0 aromatic heterocycles. The molecule has 0 bridgehead atoms. The molecule has 1 saturated heterocycles. The fraction of sp³-hybridized carbons (Fsp3) is 0.438. The van der Waals surface area contributed by atoms with Gasteiger partial charge in [0.05, 0.1) is 12.2 Å². The van der Waals surface area contributed by atoms with Gasteiger partial charge in [-0.3, -0.25) is 9.69 Å². The van der Waals surface area contributed by atoms with Crippen molar-refractivity contribution in [2.45, 2.75) is 19.8 Å². The summed E-state index contributed by atoms with van der Waals surface area (Å²) in [6.07, 6.45) is 6.83. The molecule has 1 amide bonds. The molecule has 4 nitrogen and oxygen atoms in total. The minimum absolute atomic E-state index is 0.0577. The van der Waals surface area contributed by atoms with Crippen molar-refractivity contribution in [1.82, 2.24) is 4.90 Å². The molecule has 1 aliphatic rings. The summed E-state index contributed by atoms with van der Waals surface area (Å²) in [5.74, 6) is 2.55. The van der Waals surface area contributed by atoms with E-state index in [1.54, 1.807) is 19.1 Å². The molecule has 0 saturated carbocycles. The van der Waals surface area contributed by atoms with Crippen LogP contribution in [0.1, 0.15) is 18.4 Å². The van der Waals surface area contributed by atoms with Gasteiger partial charge in [-0.15, -0.1) is 6.42 Å². The Labute approximate surface area is 130 Å². The van der Waals surface area contributed by atoms with Gasteiger partial charge in [-0.2, -0.15) is 0 Å². The van der Waals surface area contributed by atoms with E-state index in [1.165, 1.54) is 0 Å². The second-order valence-electron chi connectivity index (χ2n) is 5.36. The molecule has 2 rings (SSSR count). The van der Waals surface area contributed by atoms with Gasteiger partial charge in [-0.05, 0) is 50.6 Å². The van der Waals surface area contributed by atoms with Crippen molar-refractivity contribution in [1.29, 1.82) is 0 Å². The first-order chi connectivity index (χ1) is 10.0. The van der Waals surface area contributed by atoms with Crippen LogP contribution in [0.5, 0.6) is 5.75 Å². The number of nitrogens with one attached hydrogen (secondary N) is 1. The molecule has 1 aromatic rings. The summed E-state index contributed by atoms with van der Waals surface area (Å²) in [7, 11) is 0. The van der Waals surface area contributed by atoms with E-state index < -0.39 is 0 Å². The molecule has 112 valence electrons. The van der Waals surface area contributed by atoms with Gasteiger partial charge in [0.25, 0.3) is 0 Å². The fourth-order valence-corrected chi connectivity index (χ4v) is 2.82. The van der Waals surface area contributed by atoms with Crippen molar-refractivity contribution in [3.05, 3.63) is 22.7 Å². The highest BCUT2D eigenvalue weighted by molar-refractivity contribution is 6.31. The first-order valence-corrected chi connectivity index (χ1v) is 7.35. The van der Waals surface area contributed by atoms with E-state index in [0.717, 1.165) is 25.9 Å². The zero-order valence-corrected chi connectivity index (χ0v) is 12.8. The van der Waals surface area contributed by atoms with E-state index >= 15 is 0 Å². The molecule has 1 aromatic carbocycles. The third kappa shape index (κ3) is 3.90. The summed E-state index contributed by atoms with van der Waals surface area (Å²) in [6, 6.07) is 3.22. The Balaban J connectivity index is 1.98. The van der Waals surface area contributed by atoms with Crippen LogP contribution in [-0.2, 0) is 4.79 Å². The average molecular weight is 307 g/mol. The van der Waals surface area contributed by atoms with Gasteiger partial charge in [0.2, 0.25) is 5.91 Å². The molecular formula is C16H19ClN2O2. The van der Waals surface area contributed by atoms with Crippen LogP contribution >= 0.6 is 11.6 Å². The number of hydrogen-bond donors (Lipinski definition) is 2. The van der Waals surface area contributed by atoms with Crippen molar-refractivity contribution < 1.29 is 9.90 Å². The molecule has 0 atom stereocenters. The number of terminal acetylenes is 1. The van der Waals surface area contributed by atoms with Crippen LogP contribution in [0.2, 0.25) is 5.02 Å². The number of likely N-dealkylation sites (tertiary alicyclic amines) is 1. The van der Waals surface area contributed by atoms with Crippen LogP contribution in [-0.4, -0.2) is 35.5 Å². The Morgan fingerprint density at radius 3 is 2.81 bits per heavy atom. The number of carbonyl (C=O) groups excluding carboxylic acids is 1. The number of anilines is 1. The maximum atomic E-state index is 12.3. The van der Waals surface area contributed by atoms with Gasteiger partial charge in [-0.1, -0.05) is 17.5 Å². The van der Waals surface area contributed by atoms with Crippen LogP contribution in [0, 0.1) is 25.2 Å². The van der Waals surface area contributed by atoms with Crippen LogP contribution in [0.4, 0.5) is 5.69 Å². The minimum Gasteiger partial charge on any atom is -0.505 e. The number of benzene rings is 1. The number of rotatable bonds is 3. The van der Waals surface area contributed by atoms with E-state index in [4.69, 9.17) is 18.0 Å². The average Bonchev–Trinajstić information content (AvgIpc) is 2.45. The summed E-state index contributed by atoms with van der Waals surface area (Å²) < 4.78 is 0. The normalized spacial score (nSPS) is 16.4. The number of aromatic hydroxyl groups is 1. The number of piperidine rings is 1. The highest BCUT2D eigenvalue weighted by Crippen LogP contribution is 2.31. The van der Waals surface area contributed by atoms with Crippen LogP contribution in [0.25, 0.3) is 0 Å². The zero-order chi connectivity index (χ0) is 15.4. The minimum atomic E-state index is -0.0766. The number of hydrogen-bond acceptors (Lipinski definition) is 3. The fourth-order valence-electron chi connectivity index (χ4n) is 2.55. The van der Waals surface area contributed by atoms with Gasteiger partial charge in [0.15, 0.2) is 0 Å². The Hall–Kier alpha value is -1.70. The van der Waals surface area contributed by atoms with Crippen molar-refractivity contribution >= 4 is 23.2 Å². The summed E-state index contributed by atoms with van der Waals surface area (Å²) in [5, 5.41) is 13.2. The zero-order valence-electron chi connectivity index (χ0n) is 12.0. The lowest BCUT2D eigenvalue weighted by Gasteiger charge is -2.29. The van der Waals surface area contributed by atoms with Crippen molar-refractivity contribution in [3.8, 4) is 18.1 Å². The molecule has 5 heteroatoms. The quantitative estimate of drug-likeness (QED) is 0.667. The standard InChI is InChI=1S/C16H19ClN2O2/c1-3-6-19-7-4-12(5-8-19)16(21)18-14-10-13(17)9-11(2)15(14)20/h1,9-10,12,20H,4-8H2,2H3,(H,18,21). The molecular weight excluding hydrogens is 288 g/mol. The summed E-state index contributed by atoms with van der Waals surface area (Å²) in [6.45, 7) is 4.02. The first kappa shape index (κ1) is 15.7. The van der Waals surface area contributed by atoms with E-state index in [2.05, 4.69) is 16.1 Å². The summed E-state index contributed by atoms with van der Waals surface area (Å²) >= 11 is 5.96. The Morgan fingerprint density at radius 1 is 1.52 bits per heavy atom. The largest absolute Gasteiger partial charge is 0.505 e. The number of nitrogens with zero attached hydrogens (tertiary/aromatic N) is 1. The number of halogens is 1. The van der Waals surface area contributed by atoms with Crippen molar-refractivity contribution in [2.24, 2.45) is 5.92 Å².